The Morgan fingerprint density at radius 2 is 2.22 bits per heavy atom. The number of carbonyl (C=O) groups excluding carboxylic acids is 2. The molecular formula is C17H19ClN2O3. The Hall–Kier alpha value is -2.01. The summed E-state index contributed by atoms with van der Waals surface area (Å²) in [5.74, 6) is -0.0157. The number of hydrogen-bond donors (Lipinski definition) is 1. The Bertz CT molecular complexity index is 741. The number of likely N-dealkylation sites (tertiary alicyclic amines) is 1. The summed E-state index contributed by atoms with van der Waals surface area (Å²) in [7, 11) is 0. The van der Waals surface area contributed by atoms with Crippen molar-refractivity contribution in [3.05, 3.63) is 35.0 Å². The van der Waals surface area contributed by atoms with Gasteiger partial charge in [0.1, 0.15) is 5.58 Å². The third kappa shape index (κ3) is 3.34. The lowest BCUT2D eigenvalue weighted by Gasteiger charge is -2.31. The molecule has 0 saturated carbocycles. The first-order valence-corrected chi connectivity index (χ1v) is 8.22. The summed E-state index contributed by atoms with van der Waals surface area (Å²) in [6.07, 6.45) is 1.63. The van der Waals surface area contributed by atoms with E-state index in [0.29, 0.717) is 36.0 Å². The van der Waals surface area contributed by atoms with Crippen LogP contribution in [-0.4, -0.2) is 36.3 Å². The maximum atomic E-state index is 12.6. The van der Waals surface area contributed by atoms with Crippen molar-refractivity contribution < 1.29 is 14.0 Å². The first-order chi connectivity index (χ1) is 11.1. The van der Waals surface area contributed by atoms with Crippen molar-refractivity contribution in [2.45, 2.75) is 19.8 Å². The molecule has 1 aromatic heterocycles. The van der Waals surface area contributed by atoms with Gasteiger partial charge >= 0.3 is 0 Å². The smallest absolute Gasteiger partial charge is 0.289 e. The largest absolute Gasteiger partial charge is 0.451 e. The number of furan rings is 1. The fourth-order valence-corrected chi connectivity index (χ4v) is 3.15. The predicted octanol–water partition coefficient (Wildman–Crippen LogP) is 3.07. The number of rotatable bonds is 3. The van der Waals surface area contributed by atoms with Crippen LogP contribution in [0, 0.1) is 5.92 Å². The van der Waals surface area contributed by atoms with Gasteiger partial charge in [-0.25, -0.2) is 0 Å². The summed E-state index contributed by atoms with van der Waals surface area (Å²) in [6.45, 7) is 3.58. The Kier molecular flexibility index (Phi) is 4.57. The minimum atomic E-state index is -0.175. The standard InChI is InChI=1S/C17H19ClN2O3/c1-2-19-16(21)11-4-3-7-20(10-11)17(22)15-9-12-8-13(18)5-6-14(12)23-15/h5-6,8-9,11H,2-4,7,10H2,1H3,(H,19,21). The van der Waals surface area contributed by atoms with Gasteiger partial charge in [-0.05, 0) is 44.0 Å². The van der Waals surface area contributed by atoms with Gasteiger partial charge in [0.05, 0.1) is 5.92 Å². The molecule has 2 aromatic rings. The number of amides is 2. The van der Waals surface area contributed by atoms with Crippen molar-refractivity contribution in [1.29, 1.82) is 0 Å². The van der Waals surface area contributed by atoms with Crippen LogP contribution >= 0.6 is 11.6 Å². The molecule has 1 aromatic carbocycles. The van der Waals surface area contributed by atoms with Gasteiger partial charge in [-0.15, -0.1) is 0 Å². The van der Waals surface area contributed by atoms with E-state index >= 15 is 0 Å². The quantitative estimate of drug-likeness (QED) is 0.938. The third-order valence-electron chi connectivity index (χ3n) is 4.12. The van der Waals surface area contributed by atoms with Gasteiger partial charge < -0.3 is 14.6 Å². The predicted molar refractivity (Wildman–Crippen MR) is 88.5 cm³/mol. The molecule has 5 nitrogen and oxygen atoms in total. The molecule has 3 rings (SSSR count). The highest BCUT2D eigenvalue weighted by molar-refractivity contribution is 6.31. The molecule has 1 N–H and O–H groups in total. The number of carbonyl (C=O) groups is 2. The lowest BCUT2D eigenvalue weighted by atomic mass is 9.97. The Morgan fingerprint density at radius 3 is 3.00 bits per heavy atom. The molecule has 122 valence electrons. The van der Waals surface area contributed by atoms with Crippen LogP contribution < -0.4 is 5.32 Å². The van der Waals surface area contributed by atoms with E-state index in [0.717, 1.165) is 18.2 Å². The molecule has 0 radical (unpaired) electrons. The zero-order valence-corrected chi connectivity index (χ0v) is 13.7. The third-order valence-corrected chi connectivity index (χ3v) is 4.35. The number of fused-ring (bicyclic) bond motifs is 1. The lowest BCUT2D eigenvalue weighted by Crippen LogP contribution is -2.45. The minimum absolute atomic E-state index is 0.0152. The van der Waals surface area contributed by atoms with E-state index in [4.69, 9.17) is 16.0 Å². The maximum absolute atomic E-state index is 12.6. The molecule has 1 atom stereocenters. The summed E-state index contributed by atoms with van der Waals surface area (Å²) >= 11 is 5.96. The van der Waals surface area contributed by atoms with Crippen LogP contribution in [0.5, 0.6) is 0 Å². The first-order valence-electron chi connectivity index (χ1n) is 7.84. The molecule has 1 fully saturated rings. The average Bonchev–Trinajstić information content (AvgIpc) is 2.97. The van der Waals surface area contributed by atoms with Gasteiger partial charge in [-0.1, -0.05) is 11.6 Å². The van der Waals surface area contributed by atoms with Crippen LogP contribution in [-0.2, 0) is 4.79 Å². The minimum Gasteiger partial charge on any atom is -0.451 e. The number of halogens is 1. The SMILES string of the molecule is CCNC(=O)C1CCCN(C(=O)c2cc3cc(Cl)ccc3o2)C1. The number of piperidine rings is 1. The van der Waals surface area contributed by atoms with Crippen molar-refractivity contribution in [2.24, 2.45) is 5.92 Å². The number of benzene rings is 1. The molecule has 1 aliphatic heterocycles. The van der Waals surface area contributed by atoms with Gasteiger partial charge in [-0.3, -0.25) is 9.59 Å². The fraction of sp³-hybridized carbons (Fsp3) is 0.412. The van der Waals surface area contributed by atoms with Gasteiger partial charge in [0, 0.05) is 30.0 Å². The summed E-state index contributed by atoms with van der Waals surface area (Å²) in [4.78, 5) is 26.3. The van der Waals surface area contributed by atoms with Gasteiger partial charge in [0.2, 0.25) is 5.91 Å². The van der Waals surface area contributed by atoms with Crippen molar-refractivity contribution in [3.8, 4) is 0 Å². The summed E-state index contributed by atoms with van der Waals surface area (Å²) < 4.78 is 5.63. The van der Waals surface area contributed by atoms with E-state index in [2.05, 4.69) is 5.32 Å². The molecule has 1 saturated heterocycles. The molecule has 2 amide bonds. The molecule has 23 heavy (non-hydrogen) atoms. The van der Waals surface area contributed by atoms with Gasteiger partial charge in [0.15, 0.2) is 5.76 Å². The number of nitrogens with one attached hydrogen (secondary N) is 1. The highest BCUT2D eigenvalue weighted by atomic mass is 35.5. The van der Waals surface area contributed by atoms with Crippen LogP contribution in [0.1, 0.15) is 30.3 Å². The maximum Gasteiger partial charge on any atom is 0.289 e. The van der Waals surface area contributed by atoms with E-state index in [9.17, 15) is 9.59 Å². The zero-order valence-electron chi connectivity index (χ0n) is 13.0. The molecular weight excluding hydrogens is 316 g/mol. The van der Waals surface area contributed by atoms with Gasteiger partial charge in [0.25, 0.3) is 5.91 Å². The first kappa shape index (κ1) is 15.9. The van der Waals surface area contributed by atoms with E-state index < -0.39 is 0 Å². The molecule has 2 heterocycles. The molecule has 0 spiro atoms. The van der Waals surface area contributed by atoms with E-state index in [-0.39, 0.29) is 17.7 Å². The molecule has 0 bridgehead atoms. The van der Waals surface area contributed by atoms with Crippen LogP contribution in [0.3, 0.4) is 0 Å². The van der Waals surface area contributed by atoms with Crippen molar-refractivity contribution in [2.75, 3.05) is 19.6 Å². The molecule has 1 aliphatic rings. The topological polar surface area (TPSA) is 62.6 Å². The van der Waals surface area contributed by atoms with E-state index in [1.54, 1.807) is 29.2 Å². The van der Waals surface area contributed by atoms with Crippen LogP contribution in [0.2, 0.25) is 5.02 Å². The second-order valence-corrected chi connectivity index (χ2v) is 6.21. The zero-order chi connectivity index (χ0) is 16.4. The van der Waals surface area contributed by atoms with Crippen LogP contribution in [0.15, 0.2) is 28.7 Å². The van der Waals surface area contributed by atoms with Crippen LogP contribution in [0.4, 0.5) is 0 Å². The van der Waals surface area contributed by atoms with E-state index in [1.165, 1.54) is 0 Å². The summed E-state index contributed by atoms with van der Waals surface area (Å²) in [5.41, 5.74) is 0.634. The van der Waals surface area contributed by atoms with Gasteiger partial charge in [-0.2, -0.15) is 0 Å². The lowest BCUT2D eigenvalue weighted by molar-refractivity contribution is -0.126. The normalized spacial score (nSPS) is 18.2. The second kappa shape index (κ2) is 6.62. The summed E-state index contributed by atoms with van der Waals surface area (Å²) in [6, 6.07) is 6.96. The van der Waals surface area contributed by atoms with Crippen molar-refractivity contribution in [1.82, 2.24) is 10.2 Å². The average molecular weight is 335 g/mol. The fourth-order valence-electron chi connectivity index (χ4n) is 2.97. The van der Waals surface area contributed by atoms with Crippen molar-refractivity contribution >= 4 is 34.4 Å². The molecule has 6 heteroatoms. The highest BCUT2D eigenvalue weighted by Gasteiger charge is 2.30. The highest BCUT2D eigenvalue weighted by Crippen LogP contribution is 2.25. The molecule has 1 unspecified atom stereocenters. The Morgan fingerprint density at radius 1 is 1.39 bits per heavy atom. The van der Waals surface area contributed by atoms with Crippen molar-refractivity contribution in [3.63, 3.8) is 0 Å². The summed E-state index contributed by atoms with van der Waals surface area (Å²) in [5, 5.41) is 4.23. The van der Waals surface area contributed by atoms with Crippen LogP contribution in [0.25, 0.3) is 11.0 Å². The number of nitrogens with zero attached hydrogens (tertiary/aromatic N) is 1. The monoisotopic (exact) mass is 334 g/mol. The van der Waals surface area contributed by atoms with E-state index in [1.807, 2.05) is 6.92 Å². The number of hydrogen-bond acceptors (Lipinski definition) is 3. The Labute approximate surface area is 139 Å². The second-order valence-electron chi connectivity index (χ2n) is 5.78. The Balaban J connectivity index is 1.77. The molecule has 0 aliphatic carbocycles.